The lowest BCUT2D eigenvalue weighted by Crippen LogP contribution is -1.94. The lowest BCUT2D eigenvalue weighted by molar-refractivity contribution is 0.669. The molecule has 0 saturated heterocycles. The summed E-state index contributed by atoms with van der Waals surface area (Å²) < 4.78 is 6.37. The predicted molar refractivity (Wildman–Crippen MR) is 260 cm³/mol. The van der Waals surface area contributed by atoms with E-state index in [2.05, 4.69) is 200 Å². The number of rotatable bonds is 4. The minimum absolute atomic E-state index is 0.898. The second-order valence-corrected chi connectivity index (χ2v) is 16.7. The van der Waals surface area contributed by atoms with Crippen molar-refractivity contribution in [3.05, 3.63) is 206 Å². The molecule has 0 amide bonds. The molecular weight excluding hydrogens is 737 g/mol. The van der Waals surface area contributed by atoms with Gasteiger partial charge < -0.3 is 4.42 Å². The van der Waals surface area contributed by atoms with Gasteiger partial charge in [0, 0.05) is 10.8 Å². The van der Waals surface area contributed by atoms with Crippen molar-refractivity contribution in [2.75, 3.05) is 0 Å². The smallest absolute Gasteiger partial charge is 0.135 e. The highest BCUT2D eigenvalue weighted by Crippen LogP contribution is 2.48. The monoisotopic (exact) mass is 770 g/mol. The second kappa shape index (κ2) is 12.3. The molecule has 0 unspecified atom stereocenters. The Morgan fingerprint density at radius 3 is 1.43 bits per heavy atom. The van der Waals surface area contributed by atoms with Crippen LogP contribution in [0.15, 0.2) is 211 Å². The van der Waals surface area contributed by atoms with E-state index >= 15 is 0 Å². The van der Waals surface area contributed by atoms with Gasteiger partial charge in [0.2, 0.25) is 0 Å². The van der Waals surface area contributed by atoms with Crippen LogP contribution in [0, 0.1) is 0 Å². The van der Waals surface area contributed by atoms with E-state index < -0.39 is 0 Å². The molecule has 0 aliphatic rings. The van der Waals surface area contributed by atoms with Crippen molar-refractivity contribution >= 4 is 97.3 Å². The summed E-state index contributed by atoms with van der Waals surface area (Å²) in [4.78, 5) is 0. The van der Waals surface area contributed by atoms with E-state index in [9.17, 15) is 0 Å². The summed E-state index contributed by atoms with van der Waals surface area (Å²) in [5.41, 5.74) is 11.5. The first-order chi connectivity index (χ1) is 30.2. The van der Waals surface area contributed by atoms with Gasteiger partial charge in [0.25, 0.3) is 0 Å². The van der Waals surface area contributed by atoms with Crippen molar-refractivity contribution in [3.63, 3.8) is 0 Å². The van der Waals surface area contributed by atoms with Crippen LogP contribution in [0.3, 0.4) is 0 Å². The van der Waals surface area contributed by atoms with Gasteiger partial charge >= 0.3 is 0 Å². The molecule has 1 aromatic heterocycles. The van der Waals surface area contributed by atoms with Crippen molar-refractivity contribution in [2.24, 2.45) is 0 Å². The Balaban J connectivity index is 1.08. The van der Waals surface area contributed by atoms with Gasteiger partial charge in [-0.3, -0.25) is 0 Å². The topological polar surface area (TPSA) is 13.1 Å². The third-order valence-electron chi connectivity index (χ3n) is 13.6. The number of hydrogen-bond donors (Lipinski definition) is 0. The van der Waals surface area contributed by atoms with Crippen molar-refractivity contribution in [3.8, 4) is 44.5 Å². The number of hydrogen-bond acceptors (Lipinski definition) is 1. The zero-order valence-corrected chi connectivity index (χ0v) is 33.0. The average molecular weight is 771 g/mol. The molecule has 0 spiro atoms. The van der Waals surface area contributed by atoms with E-state index in [1.807, 2.05) is 6.07 Å². The fourth-order valence-corrected chi connectivity index (χ4v) is 10.8. The summed E-state index contributed by atoms with van der Waals surface area (Å²) in [7, 11) is 0. The largest absolute Gasteiger partial charge is 0.456 e. The molecule has 1 nitrogen and oxygen atoms in total. The maximum absolute atomic E-state index is 6.37. The molecule has 14 aromatic rings. The summed E-state index contributed by atoms with van der Waals surface area (Å²) >= 11 is 0. The average Bonchev–Trinajstić information content (AvgIpc) is 3.70. The van der Waals surface area contributed by atoms with Crippen LogP contribution in [0.2, 0.25) is 0 Å². The van der Waals surface area contributed by atoms with Gasteiger partial charge in [-0.15, -0.1) is 0 Å². The maximum Gasteiger partial charge on any atom is 0.135 e. The minimum Gasteiger partial charge on any atom is -0.456 e. The zero-order valence-electron chi connectivity index (χ0n) is 33.0. The van der Waals surface area contributed by atoms with E-state index in [4.69, 9.17) is 4.42 Å². The zero-order chi connectivity index (χ0) is 39.8. The number of para-hydroxylation sites is 1. The Morgan fingerprint density at radius 1 is 0.230 bits per heavy atom. The van der Waals surface area contributed by atoms with Gasteiger partial charge in [-0.1, -0.05) is 182 Å². The van der Waals surface area contributed by atoms with E-state index in [1.165, 1.54) is 114 Å². The summed E-state index contributed by atoms with van der Waals surface area (Å²) in [6.07, 6.45) is 0. The number of benzene rings is 13. The van der Waals surface area contributed by atoms with Crippen LogP contribution in [0.25, 0.3) is 142 Å². The molecule has 0 bridgehead atoms. The molecule has 0 N–H and O–H groups in total. The third kappa shape index (κ3) is 4.66. The summed E-state index contributed by atoms with van der Waals surface area (Å²) in [5.74, 6) is 0. The van der Waals surface area contributed by atoms with Crippen molar-refractivity contribution in [1.82, 2.24) is 0 Å². The van der Waals surface area contributed by atoms with Crippen LogP contribution in [0.5, 0.6) is 0 Å². The minimum atomic E-state index is 0.898. The first kappa shape index (κ1) is 32.9. The molecule has 0 fully saturated rings. The molecule has 61 heavy (non-hydrogen) atoms. The molecule has 0 aliphatic carbocycles. The Bertz CT molecular complexity index is 4080. The van der Waals surface area contributed by atoms with Crippen molar-refractivity contribution in [2.45, 2.75) is 0 Å². The molecule has 1 heterocycles. The first-order valence-corrected chi connectivity index (χ1v) is 21.2. The van der Waals surface area contributed by atoms with Crippen LogP contribution < -0.4 is 0 Å². The predicted octanol–water partition coefficient (Wildman–Crippen LogP) is 17.2. The maximum atomic E-state index is 6.37. The molecule has 0 saturated carbocycles. The first-order valence-electron chi connectivity index (χ1n) is 21.2. The van der Waals surface area contributed by atoms with Crippen LogP contribution >= 0.6 is 0 Å². The van der Waals surface area contributed by atoms with Gasteiger partial charge in [-0.2, -0.15) is 0 Å². The fourth-order valence-electron chi connectivity index (χ4n) is 10.8. The molecule has 13 aromatic carbocycles. The third-order valence-corrected chi connectivity index (χ3v) is 13.6. The Hall–Kier alpha value is -8.00. The van der Waals surface area contributed by atoms with Crippen molar-refractivity contribution in [1.29, 1.82) is 0 Å². The standard InChI is InChI=1S/C60H34O/c1-2-12-45-35(7-1)19-28-49(60(45)51-31-23-41-18-16-37-9-6-11-39-22-30-50(51)59(41)57(37)39)46-27-24-42(33-52(46)43-25-32-55-53(34-43)47-13-3-4-14-54(47)61-55)44-26-20-40-17-15-36-8-5-10-38-21-29-48(44)58(40)56(36)38/h1-34H. The Labute approximate surface area is 351 Å². The molecule has 14 rings (SSSR count). The van der Waals surface area contributed by atoms with Gasteiger partial charge in [0.15, 0.2) is 0 Å². The molecule has 1 heteroatoms. The summed E-state index contributed by atoms with van der Waals surface area (Å²) in [6.45, 7) is 0. The van der Waals surface area contributed by atoms with E-state index in [1.54, 1.807) is 0 Å². The van der Waals surface area contributed by atoms with Gasteiger partial charge in [0.05, 0.1) is 0 Å². The van der Waals surface area contributed by atoms with Crippen LogP contribution in [-0.2, 0) is 0 Å². The normalized spacial score (nSPS) is 12.3. The molecule has 0 radical (unpaired) electrons. The highest BCUT2D eigenvalue weighted by atomic mass is 16.3. The molecule has 0 aliphatic heterocycles. The summed E-state index contributed by atoms with van der Waals surface area (Å²) in [5, 5.41) is 20.2. The Kier molecular flexibility index (Phi) is 6.62. The number of fused-ring (bicyclic) bond motifs is 4. The van der Waals surface area contributed by atoms with Gasteiger partial charge in [-0.25, -0.2) is 0 Å². The highest BCUT2D eigenvalue weighted by molar-refractivity contribution is 6.28. The lowest BCUT2D eigenvalue weighted by Gasteiger charge is -2.21. The number of furan rings is 1. The van der Waals surface area contributed by atoms with Crippen molar-refractivity contribution < 1.29 is 4.42 Å². The summed E-state index contributed by atoms with van der Waals surface area (Å²) in [6, 6.07) is 76.7. The molecular formula is C60H34O. The van der Waals surface area contributed by atoms with Crippen LogP contribution in [0.4, 0.5) is 0 Å². The second-order valence-electron chi connectivity index (χ2n) is 16.7. The Morgan fingerprint density at radius 2 is 0.705 bits per heavy atom. The van der Waals surface area contributed by atoms with E-state index in [0.29, 0.717) is 0 Å². The van der Waals surface area contributed by atoms with E-state index in [-0.39, 0.29) is 0 Å². The van der Waals surface area contributed by atoms with Gasteiger partial charge in [-0.05, 0) is 144 Å². The fraction of sp³-hybridized carbons (Fsp3) is 0. The van der Waals surface area contributed by atoms with Crippen LogP contribution in [0.1, 0.15) is 0 Å². The SMILES string of the molecule is c1ccc2c(-c3ccc4ccc5cccc6ccc3c4c56)c(-c3ccc(-c4ccc5ccc6cccc7ccc4c5c67)cc3-c3ccc4oc5ccccc5c4c3)ccc2c1. The lowest BCUT2D eigenvalue weighted by atomic mass is 9.82. The molecule has 280 valence electrons. The highest BCUT2D eigenvalue weighted by Gasteiger charge is 2.21. The quantitative estimate of drug-likeness (QED) is 0.162. The molecule has 0 atom stereocenters. The van der Waals surface area contributed by atoms with Crippen LogP contribution in [-0.4, -0.2) is 0 Å². The van der Waals surface area contributed by atoms with Gasteiger partial charge in [0.1, 0.15) is 11.2 Å². The van der Waals surface area contributed by atoms with E-state index in [0.717, 1.165) is 27.5 Å².